The Bertz CT molecular complexity index is 1530. The van der Waals surface area contributed by atoms with E-state index in [0.29, 0.717) is 10.9 Å². The molecule has 0 radical (unpaired) electrons. The average Bonchev–Trinajstić information content (AvgIpc) is 2.77. The molecule has 31 heavy (non-hydrogen) atoms. The summed E-state index contributed by atoms with van der Waals surface area (Å²) < 4.78 is 30.6. The van der Waals surface area contributed by atoms with Gasteiger partial charge in [-0.15, -0.1) is 4.40 Å². The Labute approximate surface area is 177 Å². The van der Waals surface area contributed by atoms with Crippen molar-refractivity contribution in [3.63, 3.8) is 0 Å². The summed E-state index contributed by atoms with van der Waals surface area (Å²) in [5, 5.41) is 14.2. The van der Waals surface area contributed by atoms with Crippen LogP contribution >= 0.6 is 0 Å². The molecule has 9 heteroatoms. The number of aromatic nitrogens is 2. The van der Waals surface area contributed by atoms with Crippen LogP contribution in [0.15, 0.2) is 87.1 Å². The van der Waals surface area contributed by atoms with E-state index < -0.39 is 15.6 Å². The average molecular weight is 432 g/mol. The molecule has 0 fully saturated rings. The van der Waals surface area contributed by atoms with Gasteiger partial charge in [-0.2, -0.15) is 8.42 Å². The Hall–Kier alpha value is -3.98. The maximum absolute atomic E-state index is 13.5. The highest BCUT2D eigenvalue weighted by atomic mass is 32.2. The molecule has 0 bridgehead atoms. The molecule has 1 aliphatic heterocycles. The second-order valence-corrected chi connectivity index (χ2v) is 8.60. The zero-order valence-corrected chi connectivity index (χ0v) is 16.9. The van der Waals surface area contributed by atoms with E-state index in [1.807, 2.05) is 30.3 Å². The number of nitrogens with one attached hydrogen (secondary N) is 1. The third-order valence-corrected chi connectivity index (χ3v) is 6.43. The molecule has 5 rings (SSSR count). The number of hydrogen-bond acceptors (Lipinski definition) is 6. The van der Waals surface area contributed by atoms with Gasteiger partial charge in [-0.3, -0.25) is 9.78 Å². The lowest BCUT2D eigenvalue weighted by Crippen LogP contribution is -2.33. The van der Waals surface area contributed by atoms with E-state index in [4.69, 9.17) is 0 Å². The molecular weight excluding hydrogens is 416 g/mol. The quantitative estimate of drug-likeness (QED) is 0.515. The molecule has 0 amide bonds. The number of hydrogen-bond donors (Lipinski definition) is 2. The predicted molar refractivity (Wildman–Crippen MR) is 117 cm³/mol. The van der Waals surface area contributed by atoms with Crippen molar-refractivity contribution in [1.29, 1.82) is 0 Å². The summed E-state index contributed by atoms with van der Waals surface area (Å²) in [6.45, 7) is 0.214. The number of anilines is 1. The van der Waals surface area contributed by atoms with Crippen LogP contribution in [0.25, 0.3) is 10.9 Å². The fourth-order valence-corrected chi connectivity index (χ4v) is 4.76. The van der Waals surface area contributed by atoms with Crippen molar-refractivity contribution >= 4 is 32.4 Å². The van der Waals surface area contributed by atoms with Crippen molar-refractivity contribution in [3.05, 3.63) is 94.5 Å². The van der Waals surface area contributed by atoms with Crippen molar-refractivity contribution in [2.24, 2.45) is 4.40 Å². The van der Waals surface area contributed by atoms with E-state index in [1.54, 1.807) is 24.3 Å². The largest absolute Gasteiger partial charge is 0.506 e. The highest BCUT2D eigenvalue weighted by molar-refractivity contribution is 7.90. The standard InChI is InChI=1S/C22H16N4O4S/c27-20-15-10-11-23-12-17(15)26(13-14-6-2-1-3-7-14)22(28)19(20)21-24-16-8-4-5-9-18(16)31(29,30)25-21/h1-12,27H,13H2,(H,24,25). The number of amidine groups is 1. The maximum atomic E-state index is 13.5. The molecule has 2 aromatic carbocycles. The number of rotatable bonds is 3. The number of pyridine rings is 2. The zero-order valence-electron chi connectivity index (χ0n) is 16.1. The summed E-state index contributed by atoms with van der Waals surface area (Å²) in [5.74, 6) is -0.575. The summed E-state index contributed by atoms with van der Waals surface area (Å²) >= 11 is 0. The van der Waals surface area contributed by atoms with Crippen LogP contribution in [0.3, 0.4) is 0 Å². The van der Waals surface area contributed by atoms with Crippen LogP contribution in [0, 0.1) is 0 Å². The van der Waals surface area contributed by atoms with Gasteiger partial charge in [0.25, 0.3) is 15.6 Å². The van der Waals surface area contributed by atoms with Crippen LogP contribution in [0.5, 0.6) is 5.75 Å². The predicted octanol–water partition coefficient (Wildman–Crippen LogP) is 2.71. The SMILES string of the molecule is O=c1c(C2=NS(=O)(=O)c3ccccc3N2)c(O)c2ccncc2n1Cc1ccccc1. The number of nitrogens with zero attached hydrogens (tertiary/aromatic N) is 3. The van der Waals surface area contributed by atoms with Gasteiger partial charge in [0, 0.05) is 11.6 Å². The summed E-state index contributed by atoms with van der Waals surface area (Å²) in [6.07, 6.45) is 2.98. The Morgan fingerprint density at radius 1 is 1.00 bits per heavy atom. The van der Waals surface area contributed by atoms with Crippen LogP contribution in [0.2, 0.25) is 0 Å². The fraction of sp³-hybridized carbons (Fsp3) is 0.0455. The first-order valence-corrected chi connectivity index (χ1v) is 10.8. The first-order valence-electron chi connectivity index (χ1n) is 9.40. The van der Waals surface area contributed by atoms with Gasteiger partial charge in [0.15, 0.2) is 5.84 Å². The molecule has 8 nitrogen and oxygen atoms in total. The minimum Gasteiger partial charge on any atom is -0.506 e. The molecule has 4 aromatic rings. The van der Waals surface area contributed by atoms with Crippen molar-refractivity contribution < 1.29 is 13.5 Å². The fourth-order valence-electron chi connectivity index (χ4n) is 3.64. The number of benzene rings is 2. The minimum atomic E-state index is -4.04. The third kappa shape index (κ3) is 3.15. The highest BCUT2D eigenvalue weighted by Gasteiger charge is 2.29. The maximum Gasteiger partial charge on any atom is 0.286 e. The zero-order chi connectivity index (χ0) is 21.6. The van der Waals surface area contributed by atoms with E-state index in [1.165, 1.54) is 23.0 Å². The Morgan fingerprint density at radius 3 is 2.55 bits per heavy atom. The Kier molecular flexibility index (Phi) is 4.33. The molecule has 0 unspecified atom stereocenters. The molecular formula is C22H16N4O4S. The molecule has 0 saturated carbocycles. The first kappa shape index (κ1) is 19.0. The second-order valence-electron chi connectivity index (χ2n) is 7.03. The van der Waals surface area contributed by atoms with Gasteiger partial charge in [-0.1, -0.05) is 42.5 Å². The number of sulfonamides is 1. The van der Waals surface area contributed by atoms with Crippen LogP contribution < -0.4 is 10.9 Å². The van der Waals surface area contributed by atoms with Gasteiger partial charge in [-0.05, 0) is 23.8 Å². The van der Waals surface area contributed by atoms with Crippen LogP contribution in [0.1, 0.15) is 11.1 Å². The number of para-hydroxylation sites is 1. The number of aromatic hydroxyl groups is 1. The van der Waals surface area contributed by atoms with Gasteiger partial charge in [0.2, 0.25) is 0 Å². The summed E-state index contributed by atoms with van der Waals surface area (Å²) in [7, 11) is -4.04. The highest BCUT2D eigenvalue weighted by Crippen LogP contribution is 2.32. The van der Waals surface area contributed by atoms with Crippen molar-refractivity contribution in [2.75, 3.05) is 5.32 Å². The van der Waals surface area contributed by atoms with Crippen LogP contribution in [-0.2, 0) is 16.6 Å². The van der Waals surface area contributed by atoms with Gasteiger partial charge in [0.05, 0.1) is 23.9 Å². The third-order valence-electron chi connectivity index (χ3n) is 5.09. The van der Waals surface area contributed by atoms with Gasteiger partial charge in [0.1, 0.15) is 16.2 Å². The van der Waals surface area contributed by atoms with Crippen molar-refractivity contribution in [1.82, 2.24) is 9.55 Å². The van der Waals surface area contributed by atoms with Crippen molar-refractivity contribution in [2.45, 2.75) is 11.4 Å². The van der Waals surface area contributed by atoms with E-state index in [-0.39, 0.29) is 34.3 Å². The molecule has 0 aliphatic carbocycles. The van der Waals surface area contributed by atoms with Crippen LogP contribution in [-0.4, -0.2) is 28.9 Å². The van der Waals surface area contributed by atoms with Gasteiger partial charge >= 0.3 is 0 Å². The first-order chi connectivity index (χ1) is 15.0. The molecule has 2 N–H and O–H groups in total. The van der Waals surface area contributed by atoms with Gasteiger partial charge in [-0.25, -0.2) is 0 Å². The smallest absolute Gasteiger partial charge is 0.286 e. The molecule has 0 spiro atoms. The van der Waals surface area contributed by atoms with Crippen LogP contribution in [0.4, 0.5) is 5.69 Å². The summed E-state index contributed by atoms with van der Waals surface area (Å²) in [5.41, 5.74) is 0.784. The topological polar surface area (TPSA) is 114 Å². The molecule has 3 heterocycles. The summed E-state index contributed by atoms with van der Waals surface area (Å²) in [6, 6.07) is 17.2. The van der Waals surface area contributed by atoms with E-state index in [0.717, 1.165) is 5.56 Å². The molecule has 0 saturated heterocycles. The molecule has 154 valence electrons. The lowest BCUT2D eigenvalue weighted by Gasteiger charge is -2.20. The molecule has 0 atom stereocenters. The monoisotopic (exact) mass is 432 g/mol. The van der Waals surface area contributed by atoms with Gasteiger partial charge < -0.3 is 15.0 Å². The van der Waals surface area contributed by atoms with Crippen molar-refractivity contribution in [3.8, 4) is 5.75 Å². The lowest BCUT2D eigenvalue weighted by atomic mass is 10.1. The second kappa shape index (κ2) is 7.06. The lowest BCUT2D eigenvalue weighted by molar-refractivity contribution is 0.477. The number of fused-ring (bicyclic) bond motifs is 2. The minimum absolute atomic E-state index is 0.00726. The molecule has 2 aromatic heterocycles. The Balaban J connectivity index is 1.77. The van der Waals surface area contributed by atoms with E-state index in [9.17, 15) is 18.3 Å². The van der Waals surface area contributed by atoms with E-state index >= 15 is 0 Å². The summed E-state index contributed by atoms with van der Waals surface area (Å²) in [4.78, 5) is 17.6. The Morgan fingerprint density at radius 2 is 1.74 bits per heavy atom. The van der Waals surface area contributed by atoms with E-state index in [2.05, 4.69) is 14.7 Å². The normalized spacial score (nSPS) is 14.5. The molecule has 1 aliphatic rings.